The minimum absolute atomic E-state index is 0.00961. The van der Waals surface area contributed by atoms with Gasteiger partial charge in [0, 0.05) is 55.0 Å². The van der Waals surface area contributed by atoms with E-state index in [1.54, 1.807) is 18.5 Å². The number of rotatable bonds is 8. The number of nitro benzene ring substituents is 1. The van der Waals surface area contributed by atoms with Crippen molar-refractivity contribution in [1.82, 2.24) is 19.9 Å². The molecule has 0 aliphatic carbocycles. The van der Waals surface area contributed by atoms with Crippen molar-refractivity contribution in [2.24, 2.45) is 5.10 Å². The van der Waals surface area contributed by atoms with E-state index >= 15 is 0 Å². The van der Waals surface area contributed by atoms with E-state index in [-0.39, 0.29) is 5.69 Å². The molecular weight excluding hydrogens is 466 g/mol. The van der Waals surface area contributed by atoms with Gasteiger partial charge in [0.05, 0.1) is 11.1 Å². The van der Waals surface area contributed by atoms with E-state index in [1.807, 2.05) is 18.2 Å². The zero-order valence-corrected chi connectivity index (χ0v) is 19.9. The Kier molecular flexibility index (Phi) is 6.98. The molecule has 2 aliphatic heterocycles. The second kappa shape index (κ2) is 10.6. The van der Waals surface area contributed by atoms with E-state index < -0.39 is 4.92 Å². The van der Waals surface area contributed by atoms with Crippen molar-refractivity contribution < 1.29 is 4.92 Å². The van der Waals surface area contributed by atoms with Crippen LogP contribution in [0.2, 0.25) is 0 Å². The van der Waals surface area contributed by atoms with Gasteiger partial charge in [-0.3, -0.25) is 10.1 Å². The first-order valence-electron chi connectivity index (χ1n) is 11.6. The lowest BCUT2D eigenvalue weighted by molar-refractivity contribution is -0.384. The molecule has 12 heteroatoms. The van der Waals surface area contributed by atoms with E-state index in [0.29, 0.717) is 23.4 Å². The number of hydrogen-bond acceptors (Lipinski definition) is 11. The quantitative estimate of drug-likeness (QED) is 0.281. The molecule has 4 heterocycles. The molecule has 2 fully saturated rings. The minimum Gasteiger partial charge on any atom is -0.341 e. The summed E-state index contributed by atoms with van der Waals surface area (Å²) in [5, 5.41) is 16.4. The summed E-state index contributed by atoms with van der Waals surface area (Å²) in [6.07, 6.45) is 7.74. The summed E-state index contributed by atoms with van der Waals surface area (Å²) >= 11 is 1.41. The molecule has 1 aromatic carbocycles. The zero-order valence-electron chi connectivity index (χ0n) is 19.1. The summed E-state index contributed by atoms with van der Waals surface area (Å²) in [4.78, 5) is 34.2. The molecule has 0 spiro atoms. The summed E-state index contributed by atoms with van der Waals surface area (Å²) in [7, 11) is 0. The average Bonchev–Trinajstić information content (AvgIpc) is 3.60. The van der Waals surface area contributed by atoms with Crippen LogP contribution >= 0.6 is 11.8 Å². The maximum Gasteiger partial charge on any atom is 0.270 e. The Balaban J connectivity index is 1.40. The SMILES string of the molecule is O=[N+]([O-])c1ccc(Sc2ccccn2)c(/C=N\Nc2nc(N3CCCC3)nc(N3CCCC3)n2)c1. The van der Waals surface area contributed by atoms with E-state index in [1.165, 1.54) is 23.9 Å². The summed E-state index contributed by atoms with van der Waals surface area (Å²) < 4.78 is 0. The number of anilines is 3. The van der Waals surface area contributed by atoms with Gasteiger partial charge in [-0.25, -0.2) is 10.4 Å². The van der Waals surface area contributed by atoms with Crippen molar-refractivity contribution in [2.75, 3.05) is 41.4 Å². The van der Waals surface area contributed by atoms with E-state index in [0.717, 1.165) is 61.8 Å². The van der Waals surface area contributed by atoms with Crippen LogP contribution in [0.1, 0.15) is 31.2 Å². The van der Waals surface area contributed by atoms with Crippen LogP contribution in [0.15, 0.2) is 57.6 Å². The summed E-state index contributed by atoms with van der Waals surface area (Å²) in [5.41, 5.74) is 3.50. The highest BCUT2D eigenvalue weighted by atomic mass is 32.2. The maximum absolute atomic E-state index is 11.3. The third-order valence-corrected chi connectivity index (χ3v) is 6.86. The van der Waals surface area contributed by atoms with Gasteiger partial charge in [0.2, 0.25) is 17.8 Å². The predicted molar refractivity (Wildman–Crippen MR) is 135 cm³/mol. The van der Waals surface area contributed by atoms with Gasteiger partial charge in [0.1, 0.15) is 5.03 Å². The van der Waals surface area contributed by atoms with Crippen molar-refractivity contribution in [3.8, 4) is 0 Å². The Labute approximate surface area is 206 Å². The number of nitro groups is 1. The summed E-state index contributed by atoms with van der Waals surface area (Å²) in [6, 6.07) is 10.3. The van der Waals surface area contributed by atoms with Crippen LogP contribution in [-0.4, -0.2) is 57.3 Å². The topological polar surface area (TPSA) is 126 Å². The van der Waals surface area contributed by atoms with Gasteiger partial charge < -0.3 is 9.80 Å². The van der Waals surface area contributed by atoms with Crippen LogP contribution in [0.3, 0.4) is 0 Å². The highest BCUT2D eigenvalue weighted by molar-refractivity contribution is 7.99. The standard InChI is InChI=1S/C23H25N9O2S/c33-32(34)18-8-9-19(35-20-7-1-2-10-24-20)17(15-18)16-25-29-21-26-22(30-11-3-4-12-30)28-23(27-21)31-13-5-6-14-31/h1-2,7-10,15-16H,3-6,11-14H2,(H,26,27,28,29)/b25-16-. The number of nitrogens with one attached hydrogen (secondary N) is 1. The highest BCUT2D eigenvalue weighted by Gasteiger charge is 2.21. The Hall–Kier alpha value is -3.80. The maximum atomic E-state index is 11.3. The van der Waals surface area contributed by atoms with Crippen molar-refractivity contribution in [3.05, 3.63) is 58.3 Å². The van der Waals surface area contributed by atoms with Crippen LogP contribution in [0.4, 0.5) is 23.5 Å². The number of pyridine rings is 1. The predicted octanol–water partition coefficient (Wildman–Crippen LogP) is 3.97. The van der Waals surface area contributed by atoms with Crippen LogP contribution < -0.4 is 15.2 Å². The van der Waals surface area contributed by atoms with E-state index in [4.69, 9.17) is 4.98 Å². The first-order valence-corrected chi connectivity index (χ1v) is 12.4. The lowest BCUT2D eigenvalue weighted by Crippen LogP contribution is -2.25. The lowest BCUT2D eigenvalue weighted by Gasteiger charge is -2.20. The largest absolute Gasteiger partial charge is 0.341 e. The highest BCUT2D eigenvalue weighted by Crippen LogP contribution is 2.30. The molecule has 1 N–H and O–H groups in total. The fourth-order valence-electron chi connectivity index (χ4n) is 4.04. The van der Waals surface area contributed by atoms with E-state index in [9.17, 15) is 10.1 Å². The molecule has 35 heavy (non-hydrogen) atoms. The molecule has 0 unspecified atom stereocenters. The fourth-order valence-corrected chi connectivity index (χ4v) is 4.89. The van der Waals surface area contributed by atoms with Gasteiger partial charge in [0.15, 0.2) is 0 Å². The third kappa shape index (κ3) is 5.65. The Morgan fingerprint density at radius 2 is 1.66 bits per heavy atom. The van der Waals surface area contributed by atoms with Crippen LogP contribution in [0.5, 0.6) is 0 Å². The van der Waals surface area contributed by atoms with Crippen LogP contribution in [0.25, 0.3) is 0 Å². The molecule has 0 radical (unpaired) electrons. The van der Waals surface area contributed by atoms with Gasteiger partial charge in [0.25, 0.3) is 5.69 Å². The Morgan fingerprint density at radius 1 is 0.971 bits per heavy atom. The molecular formula is C23H25N9O2S. The molecule has 11 nitrogen and oxygen atoms in total. The van der Waals surface area contributed by atoms with Gasteiger partial charge >= 0.3 is 0 Å². The number of nitrogens with zero attached hydrogens (tertiary/aromatic N) is 8. The van der Waals surface area contributed by atoms with Crippen molar-refractivity contribution in [3.63, 3.8) is 0 Å². The molecule has 3 aromatic rings. The molecule has 0 saturated carbocycles. The molecule has 5 rings (SSSR count). The summed E-state index contributed by atoms with van der Waals surface area (Å²) in [5.74, 6) is 1.65. The smallest absolute Gasteiger partial charge is 0.270 e. The number of hydrazone groups is 1. The number of aromatic nitrogens is 4. The lowest BCUT2D eigenvalue weighted by atomic mass is 10.2. The fraction of sp³-hybridized carbons (Fsp3) is 0.348. The van der Waals surface area contributed by atoms with Crippen molar-refractivity contribution in [2.45, 2.75) is 35.6 Å². The number of hydrogen-bond donors (Lipinski definition) is 1. The summed E-state index contributed by atoms with van der Waals surface area (Å²) in [6.45, 7) is 3.70. The second-order valence-electron chi connectivity index (χ2n) is 8.27. The van der Waals surface area contributed by atoms with Crippen molar-refractivity contribution >= 4 is 41.5 Å². The molecule has 0 amide bonds. The van der Waals surface area contributed by atoms with Gasteiger partial charge in [-0.05, 0) is 43.9 Å². The minimum atomic E-state index is -0.420. The molecule has 180 valence electrons. The molecule has 2 aliphatic rings. The molecule has 2 aromatic heterocycles. The number of non-ortho nitro benzene ring substituents is 1. The normalized spacial score (nSPS) is 15.8. The van der Waals surface area contributed by atoms with Gasteiger partial charge in [-0.1, -0.05) is 17.8 Å². The first kappa shape index (κ1) is 23.0. The van der Waals surface area contributed by atoms with Crippen molar-refractivity contribution in [1.29, 1.82) is 0 Å². The molecule has 0 atom stereocenters. The molecule has 2 saturated heterocycles. The van der Waals surface area contributed by atoms with E-state index in [2.05, 4.69) is 35.3 Å². The van der Waals surface area contributed by atoms with Crippen LogP contribution in [0, 0.1) is 10.1 Å². The monoisotopic (exact) mass is 491 g/mol. The second-order valence-corrected chi connectivity index (χ2v) is 9.33. The zero-order chi connectivity index (χ0) is 24.0. The number of benzene rings is 1. The van der Waals surface area contributed by atoms with Gasteiger partial charge in [-0.15, -0.1) is 0 Å². The third-order valence-electron chi connectivity index (χ3n) is 5.81. The molecule has 0 bridgehead atoms. The Morgan fingerprint density at radius 3 is 2.26 bits per heavy atom. The van der Waals surface area contributed by atoms with Crippen LogP contribution in [-0.2, 0) is 0 Å². The average molecular weight is 492 g/mol. The van der Waals surface area contributed by atoms with Gasteiger partial charge in [-0.2, -0.15) is 20.1 Å². The Bertz CT molecular complexity index is 1180. The first-order chi connectivity index (χ1) is 17.2.